The van der Waals surface area contributed by atoms with Gasteiger partial charge < -0.3 is 15.2 Å². The molecule has 0 fully saturated rings. The van der Waals surface area contributed by atoms with Gasteiger partial charge in [-0.2, -0.15) is 0 Å². The van der Waals surface area contributed by atoms with Crippen LogP contribution < -0.4 is 10.1 Å². The third-order valence-electron chi connectivity index (χ3n) is 3.16. The maximum Gasteiger partial charge on any atom is 0.303 e. The van der Waals surface area contributed by atoms with Gasteiger partial charge in [0.05, 0.1) is 0 Å². The highest BCUT2D eigenvalue weighted by Crippen LogP contribution is 2.33. The minimum Gasteiger partial charge on any atom is -0.492 e. The average Bonchev–Trinajstić information content (AvgIpc) is 2.79. The highest BCUT2D eigenvalue weighted by Gasteiger charge is 2.29. The van der Waals surface area contributed by atoms with E-state index < -0.39 is 5.97 Å². The van der Waals surface area contributed by atoms with E-state index in [-0.39, 0.29) is 24.2 Å². The Kier molecular flexibility index (Phi) is 4.04. The molecule has 19 heavy (non-hydrogen) atoms. The van der Waals surface area contributed by atoms with Crippen molar-refractivity contribution >= 4 is 11.9 Å². The standard InChI is InChI=1S/C14H17NO4/c1-9(6-13(16)17)7-15-14(18)11-8-19-12-5-3-2-4-10(11)12/h2-5,9,11H,6-8H2,1H3,(H,15,18)(H,16,17). The van der Waals surface area contributed by atoms with Crippen LogP contribution in [0, 0.1) is 5.92 Å². The van der Waals surface area contributed by atoms with Crippen LogP contribution in [0.25, 0.3) is 0 Å². The first-order valence-electron chi connectivity index (χ1n) is 6.29. The predicted octanol–water partition coefficient (Wildman–Crippen LogP) is 1.39. The molecule has 1 aliphatic rings. The van der Waals surface area contributed by atoms with E-state index >= 15 is 0 Å². The van der Waals surface area contributed by atoms with E-state index in [2.05, 4.69) is 5.32 Å². The number of aliphatic carboxylic acids is 1. The van der Waals surface area contributed by atoms with E-state index in [9.17, 15) is 9.59 Å². The van der Waals surface area contributed by atoms with Crippen LogP contribution in [-0.4, -0.2) is 30.1 Å². The van der Waals surface area contributed by atoms with Crippen molar-refractivity contribution < 1.29 is 19.4 Å². The summed E-state index contributed by atoms with van der Waals surface area (Å²) in [6.07, 6.45) is 0.0536. The Bertz CT molecular complexity index is 486. The van der Waals surface area contributed by atoms with Crippen molar-refractivity contribution in [2.45, 2.75) is 19.3 Å². The van der Waals surface area contributed by atoms with Gasteiger partial charge in [-0.1, -0.05) is 25.1 Å². The number of fused-ring (bicyclic) bond motifs is 1. The lowest BCUT2D eigenvalue weighted by atomic mass is 10.00. The zero-order valence-electron chi connectivity index (χ0n) is 10.8. The summed E-state index contributed by atoms with van der Waals surface area (Å²) in [5.74, 6) is -0.591. The molecule has 0 aliphatic carbocycles. The number of hydrogen-bond acceptors (Lipinski definition) is 3. The third kappa shape index (κ3) is 3.24. The average molecular weight is 263 g/mol. The number of carboxylic acid groups (broad SMARTS) is 1. The lowest BCUT2D eigenvalue weighted by Gasteiger charge is -2.13. The van der Waals surface area contributed by atoms with Crippen LogP contribution in [0.3, 0.4) is 0 Å². The summed E-state index contributed by atoms with van der Waals surface area (Å²) in [5, 5.41) is 11.4. The van der Waals surface area contributed by atoms with Crippen LogP contribution in [0.15, 0.2) is 24.3 Å². The van der Waals surface area contributed by atoms with Crippen LogP contribution in [-0.2, 0) is 9.59 Å². The third-order valence-corrected chi connectivity index (χ3v) is 3.16. The normalized spacial score (nSPS) is 18.3. The molecule has 2 atom stereocenters. The van der Waals surface area contributed by atoms with Gasteiger partial charge in [0.15, 0.2) is 0 Å². The second-order valence-electron chi connectivity index (χ2n) is 4.85. The van der Waals surface area contributed by atoms with Gasteiger partial charge in [-0.3, -0.25) is 9.59 Å². The number of carboxylic acids is 1. The van der Waals surface area contributed by atoms with E-state index in [4.69, 9.17) is 9.84 Å². The lowest BCUT2D eigenvalue weighted by molar-refractivity contribution is -0.138. The second-order valence-corrected chi connectivity index (χ2v) is 4.85. The molecule has 1 aromatic carbocycles. The summed E-state index contributed by atoms with van der Waals surface area (Å²) in [6.45, 7) is 2.51. The molecule has 2 unspecified atom stereocenters. The number of carbonyl (C=O) groups is 2. The zero-order valence-corrected chi connectivity index (χ0v) is 10.8. The molecule has 0 saturated heterocycles. The van der Waals surface area contributed by atoms with Crippen molar-refractivity contribution in [1.82, 2.24) is 5.32 Å². The minimum atomic E-state index is -0.851. The number of nitrogens with one attached hydrogen (secondary N) is 1. The van der Waals surface area contributed by atoms with Gasteiger partial charge >= 0.3 is 5.97 Å². The van der Waals surface area contributed by atoms with Gasteiger partial charge in [0.1, 0.15) is 18.3 Å². The molecule has 0 aromatic heterocycles. The fraction of sp³-hybridized carbons (Fsp3) is 0.429. The van der Waals surface area contributed by atoms with Crippen molar-refractivity contribution in [3.63, 3.8) is 0 Å². The zero-order chi connectivity index (χ0) is 13.8. The Morgan fingerprint density at radius 2 is 2.21 bits per heavy atom. The van der Waals surface area contributed by atoms with Gasteiger partial charge in [0.25, 0.3) is 0 Å². The lowest BCUT2D eigenvalue weighted by Crippen LogP contribution is -2.33. The predicted molar refractivity (Wildman–Crippen MR) is 69.1 cm³/mol. The van der Waals surface area contributed by atoms with Crippen LogP contribution in [0.1, 0.15) is 24.8 Å². The summed E-state index contributed by atoms with van der Waals surface area (Å²) in [5.41, 5.74) is 0.894. The SMILES string of the molecule is CC(CNC(=O)C1COc2ccccc21)CC(=O)O. The largest absolute Gasteiger partial charge is 0.492 e. The van der Waals surface area contributed by atoms with Gasteiger partial charge in [0, 0.05) is 18.5 Å². The molecule has 1 heterocycles. The number of para-hydroxylation sites is 1. The quantitative estimate of drug-likeness (QED) is 0.841. The molecular weight excluding hydrogens is 246 g/mol. The van der Waals surface area contributed by atoms with Crippen molar-refractivity contribution in [3.05, 3.63) is 29.8 Å². The van der Waals surface area contributed by atoms with E-state index in [1.165, 1.54) is 0 Å². The summed E-state index contributed by atoms with van der Waals surface area (Å²) in [4.78, 5) is 22.6. The molecule has 2 N–H and O–H groups in total. The number of ether oxygens (including phenoxy) is 1. The molecule has 5 heteroatoms. The molecule has 1 aromatic rings. The van der Waals surface area contributed by atoms with Crippen molar-refractivity contribution in [2.75, 3.05) is 13.2 Å². The molecule has 102 valence electrons. The molecule has 0 spiro atoms. The maximum atomic E-state index is 12.1. The Labute approximate surface area is 111 Å². The molecule has 1 amide bonds. The van der Waals surface area contributed by atoms with E-state index in [0.29, 0.717) is 13.2 Å². The smallest absolute Gasteiger partial charge is 0.303 e. The summed E-state index contributed by atoms with van der Waals surface area (Å²) < 4.78 is 5.45. The summed E-state index contributed by atoms with van der Waals surface area (Å²) >= 11 is 0. The number of hydrogen-bond donors (Lipinski definition) is 2. The first kappa shape index (κ1) is 13.4. The minimum absolute atomic E-state index is 0.0536. The van der Waals surface area contributed by atoms with Crippen LogP contribution in [0.5, 0.6) is 5.75 Å². The first-order valence-corrected chi connectivity index (χ1v) is 6.29. The van der Waals surface area contributed by atoms with E-state index in [0.717, 1.165) is 11.3 Å². The Hall–Kier alpha value is -2.04. The highest BCUT2D eigenvalue weighted by molar-refractivity contribution is 5.85. The van der Waals surface area contributed by atoms with Gasteiger partial charge in [-0.15, -0.1) is 0 Å². The van der Waals surface area contributed by atoms with Gasteiger partial charge in [0.2, 0.25) is 5.91 Å². The Morgan fingerprint density at radius 1 is 1.47 bits per heavy atom. The monoisotopic (exact) mass is 263 g/mol. The summed E-state index contributed by atoms with van der Waals surface area (Å²) in [7, 11) is 0. The number of benzene rings is 1. The van der Waals surface area contributed by atoms with E-state index in [1.807, 2.05) is 24.3 Å². The topological polar surface area (TPSA) is 75.6 Å². The number of carbonyl (C=O) groups excluding carboxylic acids is 1. The summed E-state index contributed by atoms with van der Waals surface area (Å²) in [6, 6.07) is 7.47. The molecule has 5 nitrogen and oxygen atoms in total. The van der Waals surface area contributed by atoms with Crippen LogP contribution in [0.4, 0.5) is 0 Å². The van der Waals surface area contributed by atoms with Crippen LogP contribution >= 0.6 is 0 Å². The molecule has 0 radical (unpaired) electrons. The maximum absolute atomic E-state index is 12.1. The van der Waals surface area contributed by atoms with Crippen LogP contribution in [0.2, 0.25) is 0 Å². The highest BCUT2D eigenvalue weighted by atomic mass is 16.5. The molecule has 0 saturated carbocycles. The fourth-order valence-electron chi connectivity index (χ4n) is 2.15. The fourth-order valence-corrected chi connectivity index (χ4v) is 2.15. The molecule has 1 aliphatic heterocycles. The molecule has 0 bridgehead atoms. The van der Waals surface area contributed by atoms with Crippen molar-refractivity contribution in [3.8, 4) is 5.75 Å². The van der Waals surface area contributed by atoms with Gasteiger partial charge in [-0.25, -0.2) is 0 Å². The second kappa shape index (κ2) is 5.73. The Balaban J connectivity index is 1.90. The van der Waals surface area contributed by atoms with Gasteiger partial charge in [-0.05, 0) is 12.0 Å². The number of rotatable bonds is 5. The molecule has 2 rings (SSSR count). The first-order chi connectivity index (χ1) is 9.08. The Morgan fingerprint density at radius 3 is 2.95 bits per heavy atom. The van der Waals surface area contributed by atoms with Crippen molar-refractivity contribution in [1.29, 1.82) is 0 Å². The molecular formula is C14H17NO4. The number of amides is 1. The van der Waals surface area contributed by atoms with Crippen molar-refractivity contribution in [2.24, 2.45) is 5.92 Å². The van der Waals surface area contributed by atoms with E-state index in [1.54, 1.807) is 6.92 Å².